The van der Waals surface area contributed by atoms with Crippen LogP contribution in [0, 0.1) is 5.41 Å². The summed E-state index contributed by atoms with van der Waals surface area (Å²) in [5, 5.41) is 8.03. The Hall–Kier alpha value is -2.37. The van der Waals surface area contributed by atoms with Gasteiger partial charge >= 0.3 is 0 Å². The Kier molecular flexibility index (Phi) is 10.8. The fourth-order valence-corrected chi connectivity index (χ4v) is 2.83. The van der Waals surface area contributed by atoms with E-state index in [2.05, 4.69) is 11.9 Å². The van der Waals surface area contributed by atoms with Crippen molar-refractivity contribution >= 4 is 23.5 Å². The highest BCUT2D eigenvalue weighted by atomic mass is 16.2. The molecule has 1 amide bonds. The number of carbonyl (C=O) groups excluding carboxylic acids is 1. The van der Waals surface area contributed by atoms with Crippen LogP contribution in [0.1, 0.15) is 71.1 Å². The van der Waals surface area contributed by atoms with Gasteiger partial charge in [-0.3, -0.25) is 10.2 Å². The molecule has 0 aliphatic carbocycles. The molecule has 0 saturated carbocycles. The van der Waals surface area contributed by atoms with Gasteiger partial charge in [-0.05, 0) is 18.6 Å². The number of carbonyl (C=O) groups is 1. The van der Waals surface area contributed by atoms with Gasteiger partial charge in [0.2, 0.25) is 11.9 Å². The molecular formula is C20H33N5O. The van der Waals surface area contributed by atoms with Gasteiger partial charge in [-0.25, -0.2) is 4.90 Å². The highest BCUT2D eigenvalue weighted by Gasteiger charge is 2.20. The molecule has 6 nitrogen and oxygen atoms in total. The summed E-state index contributed by atoms with van der Waals surface area (Å²) in [6.45, 7) is 2.22. The fourth-order valence-electron chi connectivity index (χ4n) is 2.83. The SMILES string of the molecule is CCCCCCCCCCCC(=O)N(C(=N)N=C(N)N)c1ccccc1. The van der Waals surface area contributed by atoms with Gasteiger partial charge in [0.25, 0.3) is 0 Å². The largest absolute Gasteiger partial charge is 0.370 e. The maximum absolute atomic E-state index is 12.6. The zero-order valence-electron chi connectivity index (χ0n) is 15.9. The van der Waals surface area contributed by atoms with Crippen molar-refractivity contribution in [3.05, 3.63) is 30.3 Å². The number of nitrogens with two attached hydrogens (primary N) is 2. The molecular weight excluding hydrogens is 326 g/mol. The Morgan fingerprint density at radius 3 is 2.04 bits per heavy atom. The van der Waals surface area contributed by atoms with Crippen molar-refractivity contribution in [2.75, 3.05) is 4.90 Å². The maximum atomic E-state index is 12.6. The number of hydrogen-bond acceptors (Lipinski definition) is 2. The molecule has 0 radical (unpaired) electrons. The maximum Gasteiger partial charge on any atom is 0.233 e. The van der Waals surface area contributed by atoms with Gasteiger partial charge < -0.3 is 11.5 Å². The van der Waals surface area contributed by atoms with E-state index in [0.717, 1.165) is 19.3 Å². The highest BCUT2D eigenvalue weighted by Crippen LogP contribution is 2.17. The molecule has 0 heterocycles. The second-order valence-corrected chi connectivity index (χ2v) is 6.50. The van der Waals surface area contributed by atoms with Crippen LogP contribution in [0.25, 0.3) is 0 Å². The molecule has 0 aliphatic rings. The minimum Gasteiger partial charge on any atom is -0.370 e. The lowest BCUT2D eigenvalue weighted by Gasteiger charge is -2.20. The van der Waals surface area contributed by atoms with E-state index in [1.165, 1.54) is 43.4 Å². The first-order valence-corrected chi connectivity index (χ1v) is 9.62. The summed E-state index contributed by atoms with van der Waals surface area (Å²) in [4.78, 5) is 17.6. The number of unbranched alkanes of at least 4 members (excludes halogenated alkanes) is 8. The molecule has 144 valence electrons. The number of amides is 1. The van der Waals surface area contributed by atoms with Crippen molar-refractivity contribution in [3.63, 3.8) is 0 Å². The van der Waals surface area contributed by atoms with E-state index >= 15 is 0 Å². The number of guanidine groups is 2. The fraction of sp³-hybridized carbons (Fsp3) is 0.550. The van der Waals surface area contributed by atoms with Gasteiger partial charge in [-0.1, -0.05) is 76.5 Å². The van der Waals surface area contributed by atoms with Crippen LogP contribution >= 0.6 is 0 Å². The lowest BCUT2D eigenvalue weighted by molar-refractivity contribution is -0.117. The molecule has 0 fully saturated rings. The Balaban J connectivity index is 2.44. The molecule has 0 atom stereocenters. The van der Waals surface area contributed by atoms with E-state index in [0.29, 0.717) is 12.1 Å². The van der Waals surface area contributed by atoms with Gasteiger partial charge in [-0.2, -0.15) is 4.99 Å². The van der Waals surface area contributed by atoms with Crippen molar-refractivity contribution in [2.45, 2.75) is 71.1 Å². The van der Waals surface area contributed by atoms with Crippen LogP contribution in [-0.4, -0.2) is 17.8 Å². The predicted octanol–water partition coefficient (Wildman–Crippen LogP) is 4.15. The molecule has 0 aromatic heterocycles. The van der Waals surface area contributed by atoms with E-state index in [-0.39, 0.29) is 17.8 Å². The Morgan fingerprint density at radius 2 is 1.50 bits per heavy atom. The van der Waals surface area contributed by atoms with Crippen molar-refractivity contribution in [1.82, 2.24) is 0 Å². The number of nitrogens with zero attached hydrogens (tertiary/aromatic N) is 2. The van der Waals surface area contributed by atoms with Crippen LogP contribution < -0.4 is 16.4 Å². The molecule has 1 rings (SSSR count). The molecule has 1 aromatic rings. The highest BCUT2D eigenvalue weighted by molar-refractivity contribution is 6.17. The smallest absolute Gasteiger partial charge is 0.233 e. The third kappa shape index (κ3) is 8.65. The molecule has 0 bridgehead atoms. The molecule has 6 heteroatoms. The Labute approximate surface area is 157 Å². The molecule has 0 unspecified atom stereocenters. The zero-order chi connectivity index (χ0) is 19.2. The Morgan fingerprint density at radius 1 is 0.962 bits per heavy atom. The number of rotatable bonds is 11. The summed E-state index contributed by atoms with van der Waals surface area (Å²) >= 11 is 0. The quantitative estimate of drug-likeness (QED) is 0.314. The van der Waals surface area contributed by atoms with Crippen LogP contribution in [0.15, 0.2) is 35.3 Å². The average molecular weight is 360 g/mol. The number of anilines is 1. The third-order valence-electron chi connectivity index (χ3n) is 4.20. The second-order valence-electron chi connectivity index (χ2n) is 6.50. The average Bonchev–Trinajstić information content (AvgIpc) is 2.61. The van der Waals surface area contributed by atoms with Gasteiger partial charge in [-0.15, -0.1) is 0 Å². The standard InChI is InChI=1S/C20H33N5O/c1-2-3-4-5-6-7-8-9-13-16-18(26)25(20(23)24-19(21)22)17-14-11-10-12-15-17/h10-12,14-15H,2-9,13,16H2,1H3,(H5,21,22,23,24). The number of aliphatic imine (C=N–C) groups is 1. The molecule has 5 N–H and O–H groups in total. The van der Waals surface area contributed by atoms with E-state index in [9.17, 15) is 4.79 Å². The normalized spacial score (nSPS) is 10.3. The molecule has 0 saturated heterocycles. The number of nitrogens with one attached hydrogen (secondary N) is 1. The minimum atomic E-state index is -0.253. The lowest BCUT2D eigenvalue weighted by atomic mass is 10.1. The zero-order valence-corrected chi connectivity index (χ0v) is 15.9. The summed E-state index contributed by atoms with van der Waals surface area (Å²) < 4.78 is 0. The molecule has 1 aromatic carbocycles. The molecule has 0 spiro atoms. The lowest BCUT2D eigenvalue weighted by Crippen LogP contribution is -2.37. The van der Waals surface area contributed by atoms with Crippen molar-refractivity contribution < 1.29 is 4.79 Å². The van der Waals surface area contributed by atoms with Gasteiger partial charge in [0.05, 0.1) is 5.69 Å². The predicted molar refractivity (Wildman–Crippen MR) is 109 cm³/mol. The first-order chi connectivity index (χ1) is 12.6. The summed E-state index contributed by atoms with van der Waals surface area (Å²) in [6, 6.07) is 9.03. The van der Waals surface area contributed by atoms with Crippen molar-refractivity contribution in [2.24, 2.45) is 16.5 Å². The van der Waals surface area contributed by atoms with Crippen LogP contribution in [0.5, 0.6) is 0 Å². The van der Waals surface area contributed by atoms with Crippen LogP contribution in [0.2, 0.25) is 0 Å². The van der Waals surface area contributed by atoms with Gasteiger partial charge in [0.1, 0.15) is 0 Å². The monoisotopic (exact) mass is 359 g/mol. The summed E-state index contributed by atoms with van der Waals surface area (Å²) in [7, 11) is 0. The first-order valence-electron chi connectivity index (χ1n) is 9.62. The van der Waals surface area contributed by atoms with Crippen molar-refractivity contribution in [1.29, 1.82) is 5.41 Å². The van der Waals surface area contributed by atoms with E-state index in [1.54, 1.807) is 12.1 Å². The van der Waals surface area contributed by atoms with Crippen LogP contribution in [-0.2, 0) is 4.79 Å². The number of para-hydroxylation sites is 1. The summed E-state index contributed by atoms with van der Waals surface area (Å²) in [6.07, 6.45) is 11.1. The topological polar surface area (TPSA) is 109 Å². The van der Waals surface area contributed by atoms with Crippen LogP contribution in [0.3, 0.4) is 0 Å². The third-order valence-corrected chi connectivity index (χ3v) is 4.20. The second kappa shape index (κ2) is 12.9. The summed E-state index contributed by atoms with van der Waals surface area (Å²) in [5.41, 5.74) is 11.3. The van der Waals surface area contributed by atoms with Gasteiger partial charge in [0, 0.05) is 6.42 Å². The Bertz CT molecular complexity index is 567. The molecule has 26 heavy (non-hydrogen) atoms. The van der Waals surface area contributed by atoms with E-state index < -0.39 is 0 Å². The molecule has 0 aliphatic heterocycles. The van der Waals surface area contributed by atoms with Gasteiger partial charge in [0.15, 0.2) is 5.96 Å². The van der Waals surface area contributed by atoms with Crippen LogP contribution in [0.4, 0.5) is 5.69 Å². The van der Waals surface area contributed by atoms with E-state index in [1.807, 2.05) is 18.2 Å². The van der Waals surface area contributed by atoms with E-state index in [4.69, 9.17) is 16.9 Å². The first kappa shape index (κ1) is 21.7. The summed E-state index contributed by atoms with van der Waals surface area (Å²) in [5.74, 6) is -0.641. The minimum absolute atomic E-state index is 0.158. The number of hydrogen-bond donors (Lipinski definition) is 3. The van der Waals surface area contributed by atoms with Crippen molar-refractivity contribution in [3.8, 4) is 0 Å². The number of benzene rings is 1.